The normalized spacial score (nSPS) is 10.6. The zero-order chi connectivity index (χ0) is 18.4. The molecule has 0 aliphatic rings. The molecule has 132 valence electrons. The van der Waals surface area contributed by atoms with E-state index in [2.05, 4.69) is 24.5 Å². The Bertz CT molecular complexity index is 861. The van der Waals surface area contributed by atoms with E-state index in [0.717, 1.165) is 22.0 Å². The molecule has 1 amide bonds. The fraction of sp³-hybridized carbons (Fsp3) is 0.136. The van der Waals surface area contributed by atoms with E-state index in [1.165, 1.54) is 0 Å². The first-order chi connectivity index (χ1) is 12.6. The van der Waals surface area contributed by atoms with Crippen molar-refractivity contribution in [3.63, 3.8) is 0 Å². The van der Waals surface area contributed by atoms with Crippen molar-refractivity contribution in [3.8, 4) is 0 Å². The third-order valence-corrected chi connectivity index (χ3v) is 4.78. The van der Waals surface area contributed by atoms with Crippen molar-refractivity contribution in [2.24, 2.45) is 0 Å². The predicted molar refractivity (Wildman–Crippen MR) is 112 cm³/mol. The Labute approximate surface area is 158 Å². The summed E-state index contributed by atoms with van der Waals surface area (Å²) in [6, 6.07) is 25.4. The Morgan fingerprint density at radius 1 is 0.769 bits per heavy atom. The van der Waals surface area contributed by atoms with Gasteiger partial charge >= 0.3 is 0 Å². The minimum atomic E-state index is -0.0856. The lowest BCUT2D eigenvalue weighted by Crippen LogP contribution is -2.13. The van der Waals surface area contributed by atoms with E-state index < -0.39 is 0 Å². The van der Waals surface area contributed by atoms with Crippen molar-refractivity contribution >= 4 is 34.7 Å². The molecular formula is C22H22N2OS. The average molecular weight is 362 g/mol. The van der Waals surface area contributed by atoms with Crippen LogP contribution in [0.2, 0.25) is 0 Å². The number of amides is 1. The molecule has 0 fully saturated rings. The van der Waals surface area contributed by atoms with Crippen molar-refractivity contribution in [1.82, 2.24) is 0 Å². The van der Waals surface area contributed by atoms with Crippen LogP contribution in [0.4, 0.5) is 17.1 Å². The van der Waals surface area contributed by atoms with Gasteiger partial charge in [-0.3, -0.25) is 4.79 Å². The highest BCUT2D eigenvalue weighted by Gasteiger charge is 2.12. The standard InChI is InChI=1S/C22H22N2OS/c1-16(2)26-21-11-7-6-10-20(21)22(25)24-19-14-12-18(13-15-19)23-17-8-4-3-5-9-17/h3-16,23H,1-2H3,(H,24,25). The molecule has 4 heteroatoms. The third kappa shape index (κ3) is 4.90. The number of thioether (sulfide) groups is 1. The SMILES string of the molecule is CC(C)Sc1ccccc1C(=O)Nc1ccc(Nc2ccccc2)cc1. The smallest absolute Gasteiger partial charge is 0.256 e. The second-order valence-electron chi connectivity index (χ2n) is 6.19. The molecule has 2 N–H and O–H groups in total. The van der Waals surface area contributed by atoms with Crippen LogP contribution >= 0.6 is 11.8 Å². The zero-order valence-electron chi connectivity index (χ0n) is 14.9. The monoisotopic (exact) mass is 362 g/mol. The molecule has 3 rings (SSSR count). The van der Waals surface area contributed by atoms with Crippen LogP contribution in [0.5, 0.6) is 0 Å². The number of carbonyl (C=O) groups excluding carboxylic acids is 1. The molecule has 3 nitrogen and oxygen atoms in total. The fourth-order valence-corrected chi connectivity index (χ4v) is 3.49. The first kappa shape index (κ1) is 18.1. The number of rotatable bonds is 6. The molecule has 0 spiro atoms. The highest BCUT2D eigenvalue weighted by molar-refractivity contribution is 8.00. The van der Waals surface area contributed by atoms with E-state index in [4.69, 9.17) is 0 Å². The topological polar surface area (TPSA) is 41.1 Å². The number of hydrogen-bond donors (Lipinski definition) is 2. The summed E-state index contributed by atoms with van der Waals surface area (Å²) in [5.74, 6) is -0.0856. The van der Waals surface area contributed by atoms with E-state index in [-0.39, 0.29) is 5.91 Å². The van der Waals surface area contributed by atoms with E-state index in [1.54, 1.807) is 11.8 Å². The van der Waals surface area contributed by atoms with Gasteiger partial charge in [0.1, 0.15) is 0 Å². The second-order valence-corrected chi connectivity index (χ2v) is 7.80. The molecule has 0 atom stereocenters. The van der Waals surface area contributed by atoms with Gasteiger partial charge in [-0.25, -0.2) is 0 Å². The Kier molecular flexibility index (Phi) is 5.97. The lowest BCUT2D eigenvalue weighted by molar-refractivity contribution is 0.102. The summed E-state index contributed by atoms with van der Waals surface area (Å²) in [7, 11) is 0. The number of para-hydroxylation sites is 1. The van der Waals surface area contributed by atoms with Crippen LogP contribution in [-0.2, 0) is 0 Å². The second kappa shape index (κ2) is 8.59. The van der Waals surface area contributed by atoms with Crippen LogP contribution in [0.25, 0.3) is 0 Å². The summed E-state index contributed by atoms with van der Waals surface area (Å²) in [4.78, 5) is 13.7. The summed E-state index contributed by atoms with van der Waals surface area (Å²) in [5, 5.41) is 6.74. The first-order valence-corrected chi connectivity index (χ1v) is 9.49. The number of anilines is 3. The van der Waals surface area contributed by atoms with Crippen molar-refractivity contribution in [1.29, 1.82) is 0 Å². The maximum Gasteiger partial charge on any atom is 0.256 e. The van der Waals surface area contributed by atoms with Gasteiger partial charge in [0, 0.05) is 27.2 Å². The van der Waals surface area contributed by atoms with Crippen LogP contribution in [-0.4, -0.2) is 11.2 Å². The molecule has 3 aromatic rings. The number of benzene rings is 3. The minimum Gasteiger partial charge on any atom is -0.356 e. The van der Waals surface area contributed by atoms with Crippen LogP contribution in [0.1, 0.15) is 24.2 Å². The van der Waals surface area contributed by atoms with Crippen LogP contribution in [0, 0.1) is 0 Å². The summed E-state index contributed by atoms with van der Waals surface area (Å²) in [5.41, 5.74) is 3.49. The highest BCUT2D eigenvalue weighted by Crippen LogP contribution is 2.27. The molecule has 0 heterocycles. The van der Waals surface area contributed by atoms with Gasteiger partial charge in [-0.1, -0.05) is 44.2 Å². The maximum absolute atomic E-state index is 12.7. The summed E-state index contributed by atoms with van der Waals surface area (Å²) in [6.45, 7) is 4.25. The molecule has 0 aromatic heterocycles. The summed E-state index contributed by atoms with van der Waals surface area (Å²) in [6.07, 6.45) is 0. The number of hydrogen-bond acceptors (Lipinski definition) is 3. The molecule has 0 bridgehead atoms. The molecule has 0 aliphatic carbocycles. The van der Waals surface area contributed by atoms with Crippen molar-refractivity contribution in [3.05, 3.63) is 84.4 Å². The Morgan fingerprint density at radius 2 is 1.35 bits per heavy atom. The van der Waals surface area contributed by atoms with Gasteiger partial charge in [0.2, 0.25) is 0 Å². The molecule has 0 saturated carbocycles. The summed E-state index contributed by atoms with van der Waals surface area (Å²) >= 11 is 1.70. The third-order valence-electron chi connectivity index (χ3n) is 3.70. The van der Waals surface area contributed by atoms with Gasteiger partial charge in [0.25, 0.3) is 5.91 Å². The Hall–Kier alpha value is -2.72. The van der Waals surface area contributed by atoms with E-state index >= 15 is 0 Å². The van der Waals surface area contributed by atoms with Gasteiger partial charge < -0.3 is 10.6 Å². The molecule has 0 unspecified atom stereocenters. The molecule has 0 saturated heterocycles. The molecule has 0 radical (unpaired) electrons. The number of carbonyl (C=O) groups is 1. The van der Waals surface area contributed by atoms with Crippen molar-refractivity contribution in [2.75, 3.05) is 10.6 Å². The molecule has 26 heavy (non-hydrogen) atoms. The van der Waals surface area contributed by atoms with Gasteiger partial charge in [-0.2, -0.15) is 0 Å². The average Bonchev–Trinajstić information content (AvgIpc) is 2.64. The van der Waals surface area contributed by atoms with Gasteiger partial charge in [0.15, 0.2) is 0 Å². The number of nitrogens with one attached hydrogen (secondary N) is 2. The van der Waals surface area contributed by atoms with Crippen molar-refractivity contribution < 1.29 is 4.79 Å². The van der Waals surface area contributed by atoms with Crippen LogP contribution in [0.15, 0.2) is 83.8 Å². The maximum atomic E-state index is 12.7. The minimum absolute atomic E-state index is 0.0856. The van der Waals surface area contributed by atoms with E-state index in [9.17, 15) is 4.79 Å². The van der Waals surface area contributed by atoms with Gasteiger partial charge in [-0.05, 0) is 48.5 Å². The highest BCUT2D eigenvalue weighted by atomic mass is 32.2. The Morgan fingerprint density at radius 3 is 2.04 bits per heavy atom. The Balaban J connectivity index is 1.68. The molecule has 0 aliphatic heterocycles. The fourth-order valence-electron chi connectivity index (χ4n) is 2.53. The largest absolute Gasteiger partial charge is 0.356 e. The molecule has 3 aromatic carbocycles. The molecular weight excluding hydrogens is 340 g/mol. The van der Waals surface area contributed by atoms with Crippen molar-refractivity contribution in [2.45, 2.75) is 24.0 Å². The van der Waals surface area contributed by atoms with Gasteiger partial charge in [-0.15, -0.1) is 11.8 Å². The van der Waals surface area contributed by atoms with E-state index in [1.807, 2.05) is 78.9 Å². The zero-order valence-corrected chi connectivity index (χ0v) is 15.7. The van der Waals surface area contributed by atoms with Crippen LogP contribution < -0.4 is 10.6 Å². The quantitative estimate of drug-likeness (QED) is 0.514. The van der Waals surface area contributed by atoms with Crippen LogP contribution in [0.3, 0.4) is 0 Å². The van der Waals surface area contributed by atoms with E-state index in [0.29, 0.717) is 10.8 Å². The predicted octanol–water partition coefficient (Wildman–Crippen LogP) is 6.18. The lowest BCUT2D eigenvalue weighted by atomic mass is 10.2. The summed E-state index contributed by atoms with van der Waals surface area (Å²) < 4.78 is 0. The first-order valence-electron chi connectivity index (χ1n) is 8.61. The lowest BCUT2D eigenvalue weighted by Gasteiger charge is -2.12. The van der Waals surface area contributed by atoms with Gasteiger partial charge in [0.05, 0.1) is 5.56 Å².